The third-order valence-electron chi connectivity index (χ3n) is 6.13. The molecule has 2 nitrogen and oxygen atoms in total. The van der Waals surface area contributed by atoms with E-state index in [0.29, 0.717) is 12.4 Å². The van der Waals surface area contributed by atoms with E-state index in [1.54, 1.807) is 0 Å². The molecule has 1 aliphatic heterocycles. The number of hydrogen-bond acceptors (Lipinski definition) is 2. The molecule has 5 rings (SSSR count). The van der Waals surface area contributed by atoms with Crippen LogP contribution in [0, 0.1) is 0 Å². The Kier molecular flexibility index (Phi) is 4.70. The summed E-state index contributed by atoms with van der Waals surface area (Å²) in [6.07, 6.45) is 5.94. The maximum absolute atomic E-state index is 11.0. The Morgan fingerprint density at radius 2 is 1.39 bits per heavy atom. The third-order valence-corrected chi connectivity index (χ3v) is 8.60. The molecule has 28 heavy (non-hydrogen) atoms. The number of fused-ring (bicyclic) bond motifs is 2. The molecule has 1 fully saturated rings. The highest BCUT2D eigenvalue weighted by molar-refractivity contribution is 7.80. The average Bonchev–Trinajstić information content (AvgIpc) is 3.07. The van der Waals surface area contributed by atoms with Crippen LogP contribution in [0.3, 0.4) is 0 Å². The zero-order valence-electron chi connectivity index (χ0n) is 16.0. The number of aromatic hydroxyl groups is 1. The lowest BCUT2D eigenvalue weighted by atomic mass is 9.79. The topological polar surface area (TPSA) is 29.5 Å². The van der Waals surface area contributed by atoms with E-state index in [4.69, 9.17) is 4.74 Å². The second-order valence-electron chi connectivity index (χ2n) is 7.85. The van der Waals surface area contributed by atoms with Crippen LogP contribution in [0.2, 0.25) is 0 Å². The Balaban J connectivity index is 1.67. The lowest BCUT2D eigenvalue weighted by molar-refractivity contribution is -0.0637. The van der Waals surface area contributed by atoms with Crippen molar-refractivity contribution in [3.63, 3.8) is 0 Å². The van der Waals surface area contributed by atoms with Gasteiger partial charge in [0.2, 0.25) is 0 Å². The smallest absolute Gasteiger partial charge is 0.124 e. The molecule has 0 radical (unpaired) electrons. The van der Waals surface area contributed by atoms with Gasteiger partial charge >= 0.3 is 0 Å². The predicted octanol–water partition coefficient (Wildman–Crippen LogP) is 4.84. The summed E-state index contributed by atoms with van der Waals surface area (Å²) in [4.78, 5) is 0. The number of ether oxygens (including phenoxy) is 1. The first-order valence-corrected chi connectivity index (χ1v) is 11.5. The summed E-state index contributed by atoms with van der Waals surface area (Å²) >= 11 is 0. The van der Waals surface area contributed by atoms with Gasteiger partial charge < -0.3 is 9.84 Å². The summed E-state index contributed by atoms with van der Waals surface area (Å²) in [5.74, 6) is 0.397. The third kappa shape index (κ3) is 3.05. The first kappa shape index (κ1) is 17.9. The Labute approximate surface area is 167 Å². The largest absolute Gasteiger partial charge is 0.507 e. The first-order chi connectivity index (χ1) is 13.8. The normalized spacial score (nSPS) is 17.8. The van der Waals surface area contributed by atoms with Crippen molar-refractivity contribution < 1.29 is 9.84 Å². The fraction of sp³-hybridized carbons (Fsp3) is 0.280. The summed E-state index contributed by atoms with van der Waals surface area (Å²) in [5, 5.41) is 14.6. The number of phenols is 1. The van der Waals surface area contributed by atoms with Crippen LogP contribution in [-0.2, 0) is 16.9 Å². The monoisotopic (exact) mass is 388 g/mol. The molecule has 1 aliphatic carbocycles. The molecule has 0 atom stereocenters. The fourth-order valence-electron chi connectivity index (χ4n) is 4.75. The van der Waals surface area contributed by atoms with Crippen LogP contribution in [0.4, 0.5) is 0 Å². The Morgan fingerprint density at radius 3 is 2.00 bits per heavy atom. The van der Waals surface area contributed by atoms with Gasteiger partial charge in [-0.1, -0.05) is 79.9 Å². The van der Waals surface area contributed by atoms with Crippen molar-refractivity contribution in [2.45, 2.75) is 44.3 Å². The highest BCUT2D eigenvalue weighted by Gasteiger charge is 2.42. The van der Waals surface area contributed by atoms with Crippen molar-refractivity contribution >= 4 is 23.8 Å². The molecular formula is C25H25O2P. The van der Waals surface area contributed by atoms with E-state index in [2.05, 4.69) is 66.7 Å². The molecule has 142 valence electrons. The molecule has 3 aromatic carbocycles. The maximum Gasteiger partial charge on any atom is 0.124 e. The van der Waals surface area contributed by atoms with Gasteiger partial charge in [0.15, 0.2) is 0 Å². The zero-order valence-corrected chi connectivity index (χ0v) is 16.9. The highest BCUT2D eigenvalue weighted by atomic mass is 31.1. The standard InChI is InChI=1S/C25H25O2P/c26-23-16-19-18-27-25(14-8-3-9-15-25)22(19)17-24(23)28(20-10-4-1-5-11-20)21-12-6-2-7-13-21/h1-2,4-7,10-13,16-17,26H,3,8-9,14-15,18H2. The summed E-state index contributed by atoms with van der Waals surface area (Å²) in [7, 11) is -0.817. The van der Waals surface area contributed by atoms with Gasteiger partial charge in [-0.15, -0.1) is 0 Å². The molecule has 0 aromatic heterocycles. The van der Waals surface area contributed by atoms with Crippen molar-refractivity contribution in [1.29, 1.82) is 0 Å². The highest BCUT2D eigenvalue weighted by Crippen LogP contribution is 2.49. The van der Waals surface area contributed by atoms with E-state index >= 15 is 0 Å². The van der Waals surface area contributed by atoms with E-state index in [1.165, 1.54) is 41.0 Å². The van der Waals surface area contributed by atoms with Gasteiger partial charge in [-0.2, -0.15) is 0 Å². The minimum atomic E-state index is -0.817. The minimum Gasteiger partial charge on any atom is -0.507 e. The van der Waals surface area contributed by atoms with Crippen LogP contribution < -0.4 is 15.9 Å². The average molecular weight is 388 g/mol. The quantitative estimate of drug-likeness (QED) is 0.651. The lowest BCUT2D eigenvalue weighted by Crippen LogP contribution is -2.29. The Hall–Kier alpha value is -2.15. The van der Waals surface area contributed by atoms with Gasteiger partial charge in [-0.3, -0.25) is 0 Å². The Morgan fingerprint density at radius 1 is 0.786 bits per heavy atom. The molecule has 0 saturated heterocycles. The van der Waals surface area contributed by atoms with E-state index < -0.39 is 7.92 Å². The molecule has 3 aromatic rings. The second kappa shape index (κ2) is 7.35. The molecule has 2 aliphatic rings. The number of rotatable bonds is 3. The van der Waals surface area contributed by atoms with Crippen LogP contribution in [-0.4, -0.2) is 5.11 Å². The van der Waals surface area contributed by atoms with Crippen molar-refractivity contribution in [3.8, 4) is 5.75 Å². The second-order valence-corrected chi connectivity index (χ2v) is 10.0. The zero-order chi connectivity index (χ0) is 19.0. The molecule has 1 heterocycles. The van der Waals surface area contributed by atoms with Crippen LogP contribution in [0.5, 0.6) is 5.75 Å². The summed E-state index contributed by atoms with van der Waals surface area (Å²) < 4.78 is 6.35. The van der Waals surface area contributed by atoms with E-state index in [1.807, 2.05) is 6.07 Å². The minimum absolute atomic E-state index is 0.135. The molecular weight excluding hydrogens is 363 g/mol. The molecule has 3 heteroatoms. The van der Waals surface area contributed by atoms with Gasteiger partial charge in [-0.25, -0.2) is 0 Å². The van der Waals surface area contributed by atoms with Crippen molar-refractivity contribution in [1.82, 2.24) is 0 Å². The number of benzene rings is 3. The van der Waals surface area contributed by atoms with Crippen molar-refractivity contribution in [2.75, 3.05) is 0 Å². The molecule has 0 amide bonds. The van der Waals surface area contributed by atoms with Gasteiger partial charge in [0, 0.05) is 5.30 Å². The lowest BCUT2D eigenvalue weighted by Gasteiger charge is -2.34. The van der Waals surface area contributed by atoms with Gasteiger partial charge in [-0.05, 0) is 54.6 Å². The summed E-state index contributed by atoms with van der Waals surface area (Å²) in [5.41, 5.74) is 2.35. The molecule has 0 unspecified atom stereocenters. The van der Waals surface area contributed by atoms with Gasteiger partial charge in [0.05, 0.1) is 12.2 Å². The predicted molar refractivity (Wildman–Crippen MR) is 116 cm³/mol. The van der Waals surface area contributed by atoms with Crippen LogP contribution >= 0.6 is 7.92 Å². The van der Waals surface area contributed by atoms with Crippen molar-refractivity contribution in [2.24, 2.45) is 0 Å². The van der Waals surface area contributed by atoms with E-state index in [9.17, 15) is 5.11 Å². The van der Waals surface area contributed by atoms with Crippen LogP contribution in [0.15, 0.2) is 72.8 Å². The SMILES string of the molecule is Oc1cc2c(cc1P(c1ccccc1)c1ccccc1)C1(CCCCC1)OC2. The fourth-order valence-corrected chi connectivity index (χ4v) is 7.10. The molecule has 1 N–H and O–H groups in total. The summed E-state index contributed by atoms with van der Waals surface area (Å²) in [6, 6.07) is 25.4. The molecule has 1 saturated carbocycles. The molecule has 0 bridgehead atoms. The van der Waals surface area contributed by atoms with E-state index in [-0.39, 0.29) is 5.60 Å². The number of hydrogen-bond donors (Lipinski definition) is 1. The van der Waals surface area contributed by atoms with Gasteiger partial charge in [0.25, 0.3) is 0 Å². The first-order valence-electron chi connectivity index (χ1n) is 10.2. The van der Waals surface area contributed by atoms with E-state index in [0.717, 1.165) is 18.1 Å². The maximum atomic E-state index is 11.0. The molecule has 1 spiro atoms. The van der Waals surface area contributed by atoms with Crippen LogP contribution in [0.1, 0.15) is 43.2 Å². The van der Waals surface area contributed by atoms with Gasteiger partial charge in [0.1, 0.15) is 5.75 Å². The van der Waals surface area contributed by atoms with Crippen molar-refractivity contribution in [3.05, 3.63) is 83.9 Å². The Bertz CT molecular complexity index is 923. The summed E-state index contributed by atoms with van der Waals surface area (Å²) in [6.45, 7) is 0.623. The number of phenolic OH excluding ortho intramolecular Hbond substituents is 1. The van der Waals surface area contributed by atoms with Crippen LogP contribution in [0.25, 0.3) is 0 Å².